The van der Waals surface area contributed by atoms with E-state index in [0.29, 0.717) is 5.56 Å². The molecule has 0 atom stereocenters. The van der Waals surface area contributed by atoms with Gasteiger partial charge in [-0.2, -0.15) is 0 Å². The van der Waals surface area contributed by atoms with Crippen LogP contribution >= 0.6 is 0 Å². The Labute approximate surface area is 155 Å². The van der Waals surface area contributed by atoms with Crippen molar-refractivity contribution in [1.82, 2.24) is 4.90 Å². The largest absolute Gasteiger partial charge is 0.494 e. The zero-order chi connectivity index (χ0) is 18.2. The first-order valence-corrected chi connectivity index (χ1v) is 9.40. The van der Waals surface area contributed by atoms with Crippen LogP contribution in [0.3, 0.4) is 0 Å². The van der Waals surface area contributed by atoms with Gasteiger partial charge in [0, 0.05) is 6.54 Å². The van der Waals surface area contributed by atoms with Crippen molar-refractivity contribution in [2.45, 2.75) is 25.7 Å². The van der Waals surface area contributed by atoms with Crippen LogP contribution in [0.1, 0.15) is 36.0 Å². The van der Waals surface area contributed by atoms with Crippen LogP contribution in [0, 0.1) is 0 Å². The van der Waals surface area contributed by atoms with Crippen molar-refractivity contribution in [1.29, 1.82) is 0 Å². The van der Waals surface area contributed by atoms with Gasteiger partial charge >= 0.3 is 5.97 Å². The fourth-order valence-electron chi connectivity index (χ4n) is 3.32. The van der Waals surface area contributed by atoms with E-state index in [1.165, 1.54) is 39.5 Å². The van der Waals surface area contributed by atoms with Gasteiger partial charge in [0.15, 0.2) is 0 Å². The Kier molecular flexibility index (Phi) is 6.67. The lowest BCUT2D eigenvalue weighted by Crippen LogP contribution is -2.31. The van der Waals surface area contributed by atoms with Crippen molar-refractivity contribution >= 4 is 5.97 Å². The molecule has 2 aromatic rings. The smallest absolute Gasteiger partial charge is 0.337 e. The molecule has 1 aliphatic rings. The van der Waals surface area contributed by atoms with Gasteiger partial charge in [-0.05, 0) is 67.7 Å². The van der Waals surface area contributed by atoms with E-state index < -0.39 is 0 Å². The number of carbonyl (C=O) groups excluding carboxylic acids is 1. The van der Waals surface area contributed by atoms with E-state index in [2.05, 4.69) is 4.90 Å². The quantitative estimate of drug-likeness (QED) is 0.546. The second kappa shape index (κ2) is 9.39. The number of likely N-dealkylation sites (tertiary alicyclic amines) is 1. The van der Waals surface area contributed by atoms with Crippen LogP contribution in [0.15, 0.2) is 48.5 Å². The van der Waals surface area contributed by atoms with Crippen molar-refractivity contribution in [3.8, 4) is 16.9 Å². The molecule has 0 aliphatic carbocycles. The highest BCUT2D eigenvalue weighted by atomic mass is 16.5. The summed E-state index contributed by atoms with van der Waals surface area (Å²) in [4.78, 5) is 14.0. The van der Waals surface area contributed by atoms with Gasteiger partial charge in [-0.1, -0.05) is 30.7 Å². The number of carbonyl (C=O) groups is 1. The van der Waals surface area contributed by atoms with E-state index >= 15 is 0 Å². The van der Waals surface area contributed by atoms with Crippen LogP contribution < -0.4 is 4.74 Å². The number of rotatable bonds is 7. The number of benzene rings is 2. The van der Waals surface area contributed by atoms with Crippen molar-refractivity contribution in [2.75, 3.05) is 33.4 Å². The van der Waals surface area contributed by atoms with Gasteiger partial charge in [0.1, 0.15) is 5.75 Å². The number of methoxy groups -OCH3 is 1. The Morgan fingerprint density at radius 3 is 2.15 bits per heavy atom. The Bertz CT molecular complexity index is 688. The van der Waals surface area contributed by atoms with Crippen molar-refractivity contribution < 1.29 is 14.3 Å². The van der Waals surface area contributed by atoms with Crippen molar-refractivity contribution in [3.05, 3.63) is 54.1 Å². The molecule has 138 valence electrons. The summed E-state index contributed by atoms with van der Waals surface area (Å²) in [7, 11) is 1.39. The molecule has 1 fully saturated rings. The predicted molar refractivity (Wildman–Crippen MR) is 104 cm³/mol. The van der Waals surface area contributed by atoms with Crippen LogP contribution in [0.25, 0.3) is 11.1 Å². The van der Waals surface area contributed by atoms with E-state index in [-0.39, 0.29) is 5.97 Å². The van der Waals surface area contributed by atoms with Gasteiger partial charge in [0.05, 0.1) is 19.3 Å². The standard InChI is InChI=1S/C22H27NO3/c1-25-22(24)20-8-6-18(7-9-20)19-10-12-21(13-11-19)26-17-5-16-23-14-3-2-4-15-23/h6-13H,2-5,14-17H2,1H3. The van der Waals surface area contributed by atoms with E-state index in [4.69, 9.17) is 9.47 Å². The fraction of sp³-hybridized carbons (Fsp3) is 0.409. The average molecular weight is 353 g/mol. The molecule has 0 spiro atoms. The molecule has 4 heteroatoms. The number of hydrogen-bond acceptors (Lipinski definition) is 4. The molecule has 0 unspecified atom stereocenters. The topological polar surface area (TPSA) is 38.8 Å². The average Bonchev–Trinajstić information content (AvgIpc) is 2.72. The third-order valence-electron chi connectivity index (χ3n) is 4.83. The van der Waals surface area contributed by atoms with Gasteiger partial charge in [0.25, 0.3) is 0 Å². The normalized spacial score (nSPS) is 14.8. The lowest BCUT2D eigenvalue weighted by molar-refractivity contribution is 0.0601. The molecule has 1 saturated heterocycles. The van der Waals surface area contributed by atoms with E-state index in [1.807, 2.05) is 36.4 Å². The fourth-order valence-corrected chi connectivity index (χ4v) is 3.32. The summed E-state index contributed by atoms with van der Waals surface area (Å²) in [5, 5.41) is 0. The Morgan fingerprint density at radius 1 is 0.923 bits per heavy atom. The summed E-state index contributed by atoms with van der Waals surface area (Å²) in [5.41, 5.74) is 2.72. The van der Waals surface area contributed by atoms with Gasteiger partial charge < -0.3 is 14.4 Å². The lowest BCUT2D eigenvalue weighted by Gasteiger charge is -2.26. The molecular formula is C22H27NO3. The van der Waals surface area contributed by atoms with Gasteiger partial charge in [0.2, 0.25) is 0 Å². The molecule has 1 heterocycles. The Hall–Kier alpha value is -2.33. The van der Waals surface area contributed by atoms with E-state index in [1.54, 1.807) is 12.1 Å². The molecule has 4 nitrogen and oxygen atoms in total. The van der Waals surface area contributed by atoms with Crippen LogP contribution in [0.4, 0.5) is 0 Å². The Balaban J connectivity index is 1.47. The molecule has 0 aromatic heterocycles. The molecular weight excluding hydrogens is 326 g/mol. The summed E-state index contributed by atoms with van der Waals surface area (Å²) in [6.45, 7) is 4.36. The second-order valence-corrected chi connectivity index (χ2v) is 6.70. The molecule has 0 N–H and O–H groups in total. The number of ether oxygens (including phenoxy) is 2. The first kappa shape index (κ1) is 18.5. The highest BCUT2D eigenvalue weighted by Crippen LogP contribution is 2.23. The first-order chi connectivity index (χ1) is 12.8. The number of esters is 1. The van der Waals surface area contributed by atoms with Crippen LogP contribution in [-0.2, 0) is 4.74 Å². The van der Waals surface area contributed by atoms with Crippen LogP contribution in [0.5, 0.6) is 5.75 Å². The number of hydrogen-bond donors (Lipinski definition) is 0. The maximum absolute atomic E-state index is 11.5. The minimum atomic E-state index is -0.315. The monoisotopic (exact) mass is 353 g/mol. The number of piperidine rings is 1. The van der Waals surface area contributed by atoms with Crippen molar-refractivity contribution in [2.24, 2.45) is 0 Å². The lowest BCUT2D eigenvalue weighted by atomic mass is 10.0. The van der Waals surface area contributed by atoms with Gasteiger partial charge in [-0.15, -0.1) is 0 Å². The molecule has 0 bridgehead atoms. The highest BCUT2D eigenvalue weighted by Gasteiger charge is 2.09. The molecule has 0 radical (unpaired) electrons. The van der Waals surface area contributed by atoms with E-state index in [0.717, 1.165) is 36.4 Å². The van der Waals surface area contributed by atoms with Crippen LogP contribution in [0.2, 0.25) is 0 Å². The van der Waals surface area contributed by atoms with Gasteiger partial charge in [-0.25, -0.2) is 4.79 Å². The zero-order valence-electron chi connectivity index (χ0n) is 15.4. The minimum absolute atomic E-state index is 0.315. The SMILES string of the molecule is COC(=O)c1ccc(-c2ccc(OCCCN3CCCCC3)cc2)cc1. The van der Waals surface area contributed by atoms with Gasteiger partial charge in [-0.3, -0.25) is 0 Å². The molecule has 0 saturated carbocycles. The first-order valence-electron chi connectivity index (χ1n) is 9.40. The molecule has 26 heavy (non-hydrogen) atoms. The maximum Gasteiger partial charge on any atom is 0.337 e. The summed E-state index contributed by atoms with van der Waals surface area (Å²) < 4.78 is 10.6. The summed E-state index contributed by atoms with van der Waals surface area (Å²) in [6.07, 6.45) is 5.12. The maximum atomic E-state index is 11.5. The molecule has 2 aromatic carbocycles. The summed E-state index contributed by atoms with van der Waals surface area (Å²) in [6, 6.07) is 15.5. The number of nitrogens with zero attached hydrogens (tertiary/aromatic N) is 1. The van der Waals surface area contributed by atoms with Crippen LogP contribution in [-0.4, -0.2) is 44.2 Å². The van der Waals surface area contributed by atoms with Crippen molar-refractivity contribution in [3.63, 3.8) is 0 Å². The third kappa shape index (κ3) is 5.09. The minimum Gasteiger partial charge on any atom is -0.494 e. The van der Waals surface area contributed by atoms with E-state index in [9.17, 15) is 4.79 Å². The molecule has 3 rings (SSSR count). The summed E-state index contributed by atoms with van der Waals surface area (Å²) >= 11 is 0. The molecule has 0 amide bonds. The summed E-state index contributed by atoms with van der Waals surface area (Å²) in [5.74, 6) is 0.587. The Morgan fingerprint density at radius 2 is 1.54 bits per heavy atom. The third-order valence-corrected chi connectivity index (χ3v) is 4.83. The predicted octanol–water partition coefficient (Wildman–Crippen LogP) is 4.40. The second-order valence-electron chi connectivity index (χ2n) is 6.70. The zero-order valence-corrected chi connectivity index (χ0v) is 15.4. The molecule has 1 aliphatic heterocycles. The highest BCUT2D eigenvalue weighted by molar-refractivity contribution is 5.89.